The molecule has 3 aromatic rings. The molecule has 0 fully saturated rings. The summed E-state index contributed by atoms with van der Waals surface area (Å²) in [5.74, 6) is 1.89. The molecule has 0 radical (unpaired) electrons. The van der Waals surface area contributed by atoms with Gasteiger partial charge in [0.15, 0.2) is 17.6 Å². The zero-order valence-electron chi connectivity index (χ0n) is 14.1. The second kappa shape index (κ2) is 6.54. The van der Waals surface area contributed by atoms with Crippen LogP contribution in [0.5, 0.6) is 5.75 Å². The third kappa shape index (κ3) is 2.97. The lowest BCUT2D eigenvalue weighted by Gasteiger charge is -2.20. The second-order valence-electron chi connectivity index (χ2n) is 5.87. The number of aromatic nitrogens is 4. The number of ether oxygens (including phenoxy) is 2. The maximum absolute atomic E-state index is 11.2. The lowest BCUT2D eigenvalue weighted by Crippen LogP contribution is -2.13. The van der Waals surface area contributed by atoms with Gasteiger partial charge in [0, 0.05) is 40.8 Å². The Morgan fingerprint density at radius 3 is 2.96 bits per heavy atom. The van der Waals surface area contributed by atoms with Crippen molar-refractivity contribution in [2.24, 2.45) is 0 Å². The second-order valence-corrected chi connectivity index (χ2v) is 6.81. The van der Waals surface area contributed by atoms with E-state index in [1.54, 1.807) is 0 Å². The van der Waals surface area contributed by atoms with Gasteiger partial charge in [0.25, 0.3) is 5.69 Å². The number of nitrogens with zero attached hydrogens (tertiary/aromatic N) is 5. The molecule has 0 amide bonds. The molecule has 0 bridgehead atoms. The van der Waals surface area contributed by atoms with Crippen molar-refractivity contribution < 1.29 is 14.4 Å². The van der Waals surface area contributed by atoms with Crippen LogP contribution in [0.15, 0.2) is 23.4 Å². The van der Waals surface area contributed by atoms with Gasteiger partial charge < -0.3 is 9.47 Å². The Morgan fingerprint density at radius 1 is 1.31 bits per heavy atom. The first-order valence-corrected chi connectivity index (χ1v) is 8.84. The minimum atomic E-state index is -0.410. The third-order valence-electron chi connectivity index (χ3n) is 4.00. The maximum atomic E-state index is 11.2. The molecule has 3 heterocycles. The van der Waals surface area contributed by atoms with Crippen molar-refractivity contribution in [3.8, 4) is 5.75 Å². The Morgan fingerprint density at radius 2 is 2.15 bits per heavy atom. The van der Waals surface area contributed by atoms with E-state index in [1.165, 1.54) is 23.9 Å². The van der Waals surface area contributed by atoms with Crippen LogP contribution in [0.25, 0.3) is 5.65 Å². The predicted octanol–water partition coefficient (Wildman–Crippen LogP) is 2.81. The van der Waals surface area contributed by atoms with Crippen LogP contribution < -0.4 is 4.74 Å². The molecule has 0 spiro atoms. The number of hydrogen-bond acceptors (Lipinski definition) is 8. The highest BCUT2D eigenvalue weighted by Crippen LogP contribution is 2.36. The highest BCUT2D eigenvalue weighted by atomic mass is 32.2. The van der Waals surface area contributed by atoms with E-state index in [0.29, 0.717) is 28.8 Å². The Balaban J connectivity index is 1.68. The van der Waals surface area contributed by atoms with Crippen LogP contribution in [0.1, 0.15) is 22.6 Å². The highest BCUT2D eigenvalue weighted by Gasteiger charge is 2.21. The van der Waals surface area contributed by atoms with Crippen molar-refractivity contribution in [1.82, 2.24) is 19.6 Å². The molecular weight excluding hydrogens is 358 g/mol. The van der Waals surface area contributed by atoms with E-state index in [4.69, 9.17) is 9.47 Å². The molecule has 0 aliphatic carbocycles. The van der Waals surface area contributed by atoms with Crippen molar-refractivity contribution in [2.45, 2.75) is 31.4 Å². The average Bonchev–Trinajstić information content (AvgIpc) is 3.02. The number of non-ortho nitro benzene ring substituents is 1. The first kappa shape index (κ1) is 16.7. The molecule has 0 saturated carbocycles. The lowest BCUT2D eigenvalue weighted by atomic mass is 10.1. The van der Waals surface area contributed by atoms with Gasteiger partial charge in [-0.25, -0.2) is 4.98 Å². The largest absolute Gasteiger partial charge is 0.467 e. The van der Waals surface area contributed by atoms with Gasteiger partial charge in [-0.2, -0.15) is 0 Å². The van der Waals surface area contributed by atoms with Gasteiger partial charge in [-0.05, 0) is 13.8 Å². The van der Waals surface area contributed by atoms with E-state index in [1.807, 2.05) is 24.3 Å². The number of nitro groups is 1. The van der Waals surface area contributed by atoms with Gasteiger partial charge in [-0.3, -0.25) is 14.5 Å². The van der Waals surface area contributed by atoms with Crippen molar-refractivity contribution in [3.05, 3.63) is 51.0 Å². The van der Waals surface area contributed by atoms with Crippen molar-refractivity contribution in [2.75, 3.05) is 6.79 Å². The molecule has 0 N–H and O–H groups in total. The van der Waals surface area contributed by atoms with E-state index in [0.717, 1.165) is 22.7 Å². The first-order valence-electron chi connectivity index (χ1n) is 7.86. The molecule has 9 nitrogen and oxygen atoms in total. The molecule has 0 atom stereocenters. The normalized spacial score (nSPS) is 13.5. The molecule has 1 aliphatic heterocycles. The van der Waals surface area contributed by atoms with Crippen molar-refractivity contribution in [3.63, 3.8) is 0 Å². The van der Waals surface area contributed by atoms with Gasteiger partial charge >= 0.3 is 0 Å². The van der Waals surface area contributed by atoms with E-state index < -0.39 is 4.92 Å². The molecule has 26 heavy (non-hydrogen) atoms. The summed E-state index contributed by atoms with van der Waals surface area (Å²) in [6, 6.07) is 4.89. The molecule has 0 saturated heterocycles. The number of aryl methyl sites for hydroxylation is 2. The van der Waals surface area contributed by atoms with Crippen LogP contribution in [0.4, 0.5) is 5.69 Å². The number of thioether (sulfide) groups is 1. The summed E-state index contributed by atoms with van der Waals surface area (Å²) in [5, 5.41) is 20.3. The molecule has 10 heteroatoms. The van der Waals surface area contributed by atoms with Crippen LogP contribution in [0.2, 0.25) is 0 Å². The molecule has 1 aliphatic rings. The predicted molar refractivity (Wildman–Crippen MR) is 93.2 cm³/mol. The number of hydrogen-bond donors (Lipinski definition) is 0. The molecule has 4 rings (SSSR count). The van der Waals surface area contributed by atoms with Crippen molar-refractivity contribution in [1.29, 1.82) is 0 Å². The van der Waals surface area contributed by atoms with E-state index >= 15 is 0 Å². The highest BCUT2D eigenvalue weighted by molar-refractivity contribution is 7.98. The standard InChI is InChI=1S/C16H15N5O4S/c1-9-3-14-18-19-16(20(14)10(2)17-9)26-7-12-5-13(21(22)23)4-11-6-24-8-25-15(11)12/h3-5H,6-8H2,1-2H3. The summed E-state index contributed by atoms with van der Waals surface area (Å²) in [5.41, 5.74) is 3.04. The quantitative estimate of drug-likeness (QED) is 0.390. The minimum Gasteiger partial charge on any atom is -0.467 e. The summed E-state index contributed by atoms with van der Waals surface area (Å²) < 4.78 is 12.7. The molecule has 2 aromatic heterocycles. The number of nitro benzene ring substituents is 1. The lowest BCUT2D eigenvalue weighted by molar-refractivity contribution is -0.385. The van der Waals surface area contributed by atoms with Crippen LogP contribution in [0, 0.1) is 24.0 Å². The van der Waals surface area contributed by atoms with Crippen LogP contribution in [-0.2, 0) is 17.1 Å². The smallest absolute Gasteiger partial charge is 0.270 e. The zero-order chi connectivity index (χ0) is 18.3. The third-order valence-corrected chi connectivity index (χ3v) is 4.98. The van der Waals surface area contributed by atoms with Crippen molar-refractivity contribution >= 4 is 23.1 Å². The summed E-state index contributed by atoms with van der Waals surface area (Å²) in [6.45, 7) is 4.23. The average molecular weight is 373 g/mol. The maximum Gasteiger partial charge on any atom is 0.270 e. The molecular formula is C16H15N5O4S. The van der Waals surface area contributed by atoms with E-state index in [2.05, 4.69) is 15.2 Å². The topological polar surface area (TPSA) is 105 Å². The van der Waals surface area contributed by atoms with Gasteiger partial charge in [0.05, 0.1) is 11.5 Å². The van der Waals surface area contributed by atoms with Gasteiger partial charge in [0.1, 0.15) is 11.6 Å². The number of benzene rings is 1. The number of fused-ring (bicyclic) bond motifs is 2. The summed E-state index contributed by atoms with van der Waals surface area (Å²) >= 11 is 1.43. The molecule has 0 unspecified atom stereocenters. The fraction of sp³-hybridized carbons (Fsp3) is 0.312. The monoisotopic (exact) mass is 373 g/mol. The van der Waals surface area contributed by atoms with Gasteiger partial charge in [-0.1, -0.05) is 11.8 Å². The Bertz CT molecular complexity index is 1020. The van der Waals surface area contributed by atoms with Gasteiger partial charge in [-0.15, -0.1) is 10.2 Å². The van der Waals surface area contributed by atoms with E-state index in [-0.39, 0.29) is 12.5 Å². The Labute approximate surface area is 152 Å². The van der Waals surface area contributed by atoms with Crippen LogP contribution in [0.3, 0.4) is 0 Å². The summed E-state index contributed by atoms with van der Waals surface area (Å²) in [4.78, 5) is 15.2. The van der Waals surface area contributed by atoms with Crippen LogP contribution in [-0.4, -0.2) is 31.3 Å². The SMILES string of the molecule is Cc1cc2nnc(SCc3cc([N+](=O)[O-])cc4c3OCOC4)n2c(C)n1. The van der Waals surface area contributed by atoms with Gasteiger partial charge in [0.2, 0.25) is 0 Å². The fourth-order valence-corrected chi connectivity index (χ4v) is 3.88. The fourth-order valence-electron chi connectivity index (χ4n) is 2.93. The zero-order valence-corrected chi connectivity index (χ0v) is 14.9. The summed E-state index contributed by atoms with van der Waals surface area (Å²) in [7, 11) is 0. The Hall–Kier alpha value is -2.72. The number of rotatable bonds is 4. The minimum absolute atomic E-state index is 0.0213. The molecule has 134 valence electrons. The Kier molecular flexibility index (Phi) is 4.21. The molecule has 1 aromatic carbocycles. The van der Waals surface area contributed by atoms with E-state index in [9.17, 15) is 10.1 Å². The first-order chi connectivity index (χ1) is 12.5. The summed E-state index contributed by atoms with van der Waals surface area (Å²) in [6.07, 6.45) is 0. The van der Waals surface area contributed by atoms with Crippen LogP contribution >= 0.6 is 11.8 Å².